The summed E-state index contributed by atoms with van der Waals surface area (Å²) >= 11 is 1.22. The highest BCUT2D eigenvalue weighted by molar-refractivity contribution is 7.16. The van der Waals surface area contributed by atoms with Gasteiger partial charge in [-0.1, -0.05) is 6.07 Å². The first kappa shape index (κ1) is 10.5. The van der Waals surface area contributed by atoms with Gasteiger partial charge >= 0.3 is 0 Å². The molecule has 0 N–H and O–H groups in total. The van der Waals surface area contributed by atoms with Gasteiger partial charge in [-0.25, -0.2) is 4.39 Å². The molecule has 0 unspecified atom stereocenters. The number of halogens is 1. The minimum absolute atomic E-state index is 0.304. The molecule has 2 rings (SSSR count). The van der Waals surface area contributed by atoms with E-state index in [9.17, 15) is 9.18 Å². The van der Waals surface area contributed by atoms with Gasteiger partial charge in [-0.2, -0.15) is 5.26 Å². The van der Waals surface area contributed by atoms with Gasteiger partial charge in [0.05, 0.1) is 0 Å². The van der Waals surface area contributed by atoms with E-state index < -0.39 is 5.82 Å². The Hall–Kier alpha value is -1.99. The van der Waals surface area contributed by atoms with Gasteiger partial charge < -0.3 is 0 Å². The largest absolute Gasteiger partial charge is 0.298 e. The summed E-state index contributed by atoms with van der Waals surface area (Å²) in [6.07, 6.45) is 0.599. The van der Waals surface area contributed by atoms with Crippen LogP contribution in [0.3, 0.4) is 0 Å². The monoisotopic (exact) mass is 231 g/mol. The van der Waals surface area contributed by atoms with E-state index in [1.165, 1.54) is 17.4 Å². The standard InChI is InChI=1S/C12H6FNOS/c13-11-5-8(7-15)1-3-10(11)12-4-2-9(6-14)16-12/h1-5,7H. The molecular formula is C12H6FNOS. The van der Waals surface area contributed by atoms with E-state index in [1.54, 1.807) is 24.3 Å². The van der Waals surface area contributed by atoms with E-state index in [2.05, 4.69) is 0 Å². The summed E-state index contributed by atoms with van der Waals surface area (Å²) < 4.78 is 13.6. The molecule has 16 heavy (non-hydrogen) atoms. The van der Waals surface area contributed by atoms with Gasteiger partial charge in [0, 0.05) is 16.0 Å². The van der Waals surface area contributed by atoms with Gasteiger partial charge in [-0.05, 0) is 24.3 Å². The number of hydrogen-bond donors (Lipinski definition) is 0. The Bertz CT molecular complexity index is 583. The van der Waals surface area contributed by atoms with E-state index >= 15 is 0 Å². The Kier molecular flexibility index (Phi) is 2.80. The van der Waals surface area contributed by atoms with Crippen LogP contribution in [0, 0.1) is 17.1 Å². The number of carbonyl (C=O) groups is 1. The zero-order chi connectivity index (χ0) is 11.5. The van der Waals surface area contributed by atoms with Crippen LogP contribution in [0.5, 0.6) is 0 Å². The van der Waals surface area contributed by atoms with Crippen LogP contribution < -0.4 is 0 Å². The topological polar surface area (TPSA) is 40.9 Å². The summed E-state index contributed by atoms with van der Waals surface area (Å²) in [6.45, 7) is 0. The average molecular weight is 231 g/mol. The molecule has 1 aromatic carbocycles. The van der Waals surface area contributed by atoms with Crippen LogP contribution >= 0.6 is 11.3 Å². The Morgan fingerprint density at radius 3 is 2.69 bits per heavy atom. The lowest BCUT2D eigenvalue weighted by Crippen LogP contribution is -1.85. The molecule has 0 bridgehead atoms. The van der Waals surface area contributed by atoms with Gasteiger partial charge in [0.1, 0.15) is 23.0 Å². The lowest BCUT2D eigenvalue weighted by molar-refractivity contribution is 0.112. The Morgan fingerprint density at radius 1 is 1.31 bits per heavy atom. The Morgan fingerprint density at radius 2 is 2.12 bits per heavy atom. The minimum Gasteiger partial charge on any atom is -0.298 e. The van der Waals surface area contributed by atoms with E-state index in [1.807, 2.05) is 6.07 Å². The molecule has 1 heterocycles. The third-order valence-electron chi connectivity index (χ3n) is 2.11. The molecule has 0 aliphatic carbocycles. The summed E-state index contributed by atoms with van der Waals surface area (Å²) in [6, 6.07) is 9.63. The molecule has 0 saturated heterocycles. The first-order chi connectivity index (χ1) is 7.74. The lowest BCUT2D eigenvalue weighted by atomic mass is 10.1. The van der Waals surface area contributed by atoms with Crippen molar-refractivity contribution >= 4 is 17.6 Å². The highest BCUT2D eigenvalue weighted by Gasteiger charge is 2.08. The lowest BCUT2D eigenvalue weighted by Gasteiger charge is -1.99. The molecule has 78 valence electrons. The zero-order valence-electron chi connectivity index (χ0n) is 8.11. The number of carbonyl (C=O) groups excluding carboxylic acids is 1. The molecule has 1 aromatic heterocycles. The molecule has 4 heteroatoms. The highest BCUT2D eigenvalue weighted by atomic mass is 32.1. The molecule has 0 aliphatic heterocycles. The van der Waals surface area contributed by atoms with Crippen molar-refractivity contribution in [2.75, 3.05) is 0 Å². The Labute approximate surface area is 95.6 Å². The van der Waals surface area contributed by atoms with E-state index in [0.717, 1.165) is 0 Å². The van der Waals surface area contributed by atoms with Crippen LogP contribution in [0.4, 0.5) is 4.39 Å². The summed E-state index contributed by atoms with van der Waals surface area (Å²) in [4.78, 5) is 11.7. The second-order valence-electron chi connectivity index (χ2n) is 3.13. The number of benzene rings is 1. The number of nitrogens with zero attached hydrogens (tertiary/aromatic N) is 1. The molecule has 2 aromatic rings. The normalized spacial score (nSPS) is 9.75. The minimum atomic E-state index is -0.448. The predicted molar refractivity (Wildman–Crippen MR) is 59.8 cm³/mol. The third kappa shape index (κ3) is 1.86. The van der Waals surface area contributed by atoms with Crippen LogP contribution in [0.1, 0.15) is 15.2 Å². The molecule has 2 nitrogen and oxygen atoms in total. The number of thiophene rings is 1. The van der Waals surface area contributed by atoms with Crippen molar-refractivity contribution in [2.45, 2.75) is 0 Å². The first-order valence-electron chi connectivity index (χ1n) is 4.49. The second kappa shape index (κ2) is 4.25. The number of hydrogen-bond acceptors (Lipinski definition) is 3. The quantitative estimate of drug-likeness (QED) is 0.744. The highest BCUT2D eigenvalue weighted by Crippen LogP contribution is 2.29. The Balaban J connectivity index is 2.48. The molecule has 0 fully saturated rings. The zero-order valence-corrected chi connectivity index (χ0v) is 8.92. The van der Waals surface area contributed by atoms with Crippen molar-refractivity contribution in [3.05, 3.63) is 46.6 Å². The van der Waals surface area contributed by atoms with Gasteiger partial charge in [0.15, 0.2) is 0 Å². The fourth-order valence-electron chi connectivity index (χ4n) is 1.35. The molecule has 0 radical (unpaired) electrons. The van der Waals surface area contributed by atoms with Gasteiger partial charge in [-0.3, -0.25) is 4.79 Å². The fourth-order valence-corrected chi connectivity index (χ4v) is 2.18. The number of rotatable bonds is 2. The van der Waals surface area contributed by atoms with Gasteiger partial charge in [0.25, 0.3) is 0 Å². The smallest absolute Gasteiger partial charge is 0.150 e. The summed E-state index contributed by atoms with van der Waals surface area (Å²) in [5.74, 6) is -0.448. The molecule has 0 spiro atoms. The molecule has 0 atom stereocenters. The first-order valence-corrected chi connectivity index (χ1v) is 5.31. The van der Waals surface area contributed by atoms with Crippen molar-refractivity contribution in [1.82, 2.24) is 0 Å². The van der Waals surface area contributed by atoms with E-state index in [0.29, 0.717) is 27.2 Å². The van der Waals surface area contributed by atoms with Crippen LogP contribution in [0.2, 0.25) is 0 Å². The molecule has 0 amide bonds. The van der Waals surface area contributed by atoms with E-state index in [-0.39, 0.29) is 0 Å². The third-order valence-corrected chi connectivity index (χ3v) is 3.13. The number of nitriles is 1. The molecule has 0 saturated carbocycles. The van der Waals surface area contributed by atoms with Gasteiger partial charge in [0.2, 0.25) is 0 Å². The van der Waals surface area contributed by atoms with Crippen molar-refractivity contribution in [3.8, 4) is 16.5 Å². The predicted octanol–water partition coefficient (Wildman–Crippen LogP) is 3.24. The maximum Gasteiger partial charge on any atom is 0.150 e. The van der Waals surface area contributed by atoms with E-state index in [4.69, 9.17) is 5.26 Å². The number of aldehydes is 1. The SMILES string of the molecule is N#Cc1ccc(-c2ccc(C=O)cc2F)s1. The fraction of sp³-hybridized carbons (Fsp3) is 0. The van der Waals surface area contributed by atoms with Crippen molar-refractivity contribution in [3.63, 3.8) is 0 Å². The summed E-state index contributed by atoms with van der Waals surface area (Å²) in [5, 5.41) is 8.67. The maximum atomic E-state index is 13.6. The molecule has 0 aliphatic rings. The van der Waals surface area contributed by atoms with Gasteiger partial charge in [-0.15, -0.1) is 11.3 Å². The van der Waals surface area contributed by atoms with Crippen LogP contribution in [-0.4, -0.2) is 6.29 Å². The average Bonchev–Trinajstić information content (AvgIpc) is 2.77. The van der Waals surface area contributed by atoms with Crippen molar-refractivity contribution in [1.29, 1.82) is 5.26 Å². The summed E-state index contributed by atoms with van der Waals surface area (Å²) in [7, 11) is 0. The summed E-state index contributed by atoms with van der Waals surface area (Å²) in [5.41, 5.74) is 0.718. The molecular weight excluding hydrogens is 225 g/mol. The van der Waals surface area contributed by atoms with Crippen molar-refractivity contribution in [2.24, 2.45) is 0 Å². The van der Waals surface area contributed by atoms with Crippen LogP contribution in [0.25, 0.3) is 10.4 Å². The van der Waals surface area contributed by atoms with Crippen LogP contribution in [-0.2, 0) is 0 Å². The maximum absolute atomic E-state index is 13.6. The van der Waals surface area contributed by atoms with Crippen LogP contribution in [0.15, 0.2) is 30.3 Å². The van der Waals surface area contributed by atoms with Crippen molar-refractivity contribution < 1.29 is 9.18 Å². The second-order valence-corrected chi connectivity index (χ2v) is 4.22.